The summed E-state index contributed by atoms with van der Waals surface area (Å²) in [5.74, 6) is -1.02. The first-order chi connectivity index (χ1) is 5.11. The van der Waals surface area contributed by atoms with Crippen LogP contribution in [-0.4, -0.2) is 15.4 Å². The molecule has 0 aliphatic carbocycles. The maximum absolute atomic E-state index is 10.4. The third kappa shape index (κ3) is 1.75. The van der Waals surface area contributed by atoms with Crippen molar-refractivity contribution in [3.63, 3.8) is 0 Å². The lowest BCUT2D eigenvalue weighted by Gasteiger charge is -1.99. The van der Waals surface area contributed by atoms with Crippen molar-refractivity contribution in [2.75, 3.05) is 0 Å². The Kier molecular flexibility index (Phi) is 2.21. The summed E-state index contributed by atoms with van der Waals surface area (Å²) in [6.45, 7) is 1.80. The molecule has 5 heteroatoms. The normalized spacial score (nSPS) is 12.9. The van der Waals surface area contributed by atoms with Gasteiger partial charge in [0.05, 0.1) is 10.6 Å². The molecule has 0 bridgehead atoms. The Morgan fingerprint density at radius 1 is 1.91 bits per heavy atom. The highest BCUT2D eigenvalue weighted by atomic mass is 32.1. The first-order valence-corrected chi connectivity index (χ1v) is 3.80. The number of rotatable bonds is 2. The molecule has 0 fully saturated rings. The number of carboxylic acids is 1. The first-order valence-electron chi connectivity index (χ1n) is 3.03. The predicted octanol–water partition coefficient (Wildman–Crippen LogP) is 0.536. The van der Waals surface area contributed by atoms with Crippen LogP contribution >= 0.6 is 11.5 Å². The summed E-state index contributed by atoms with van der Waals surface area (Å²) in [7, 11) is 0. The molecule has 4 nitrogen and oxygen atoms in total. The predicted molar refractivity (Wildman–Crippen MR) is 41.4 cm³/mol. The molecule has 1 aromatic heterocycles. The summed E-state index contributed by atoms with van der Waals surface area (Å²) in [5, 5.41) is 8.50. The Morgan fingerprint density at radius 3 is 2.91 bits per heavy atom. The minimum atomic E-state index is -1.02. The summed E-state index contributed by atoms with van der Waals surface area (Å²) in [4.78, 5) is 11.0. The average Bonchev–Trinajstić information content (AvgIpc) is 2.34. The number of aliphatic carboxylic acids is 1. The fraction of sp³-hybridized carbons (Fsp3) is 0.333. The van der Waals surface area contributed by atoms with Gasteiger partial charge in [0.2, 0.25) is 0 Å². The van der Waals surface area contributed by atoms with Gasteiger partial charge in [-0.3, -0.25) is 4.79 Å². The minimum absolute atomic E-state index is 0.593. The topological polar surface area (TPSA) is 76.2 Å². The molecular formula is C6H8N2O2S. The average molecular weight is 172 g/mol. The molecule has 0 aliphatic heterocycles. The lowest BCUT2D eigenvalue weighted by Crippen LogP contribution is -2.19. The smallest absolute Gasteiger partial charge is 0.326 e. The molecule has 3 N–H and O–H groups in total. The van der Waals surface area contributed by atoms with Gasteiger partial charge in [-0.1, -0.05) is 0 Å². The van der Waals surface area contributed by atoms with E-state index in [9.17, 15) is 4.79 Å². The van der Waals surface area contributed by atoms with Gasteiger partial charge in [-0.15, -0.1) is 0 Å². The largest absolute Gasteiger partial charge is 0.480 e. The second-order valence-corrected chi connectivity index (χ2v) is 3.02. The number of hydrogen-bond donors (Lipinski definition) is 2. The molecule has 1 unspecified atom stereocenters. The number of carboxylic acid groups (broad SMARTS) is 1. The molecule has 0 aliphatic rings. The molecule has 0 aromatic carbocycles. The molecule has 1 atom stereocenters. The number of aromatic nitrogens is 1. The van der Waals surface area contributed by atoms with Crippen molar-refractivity contribution in [3.05, 3.63) is 16.6 Å². The standard InChI is InChI=1S/C6H8N2O2S/c1-3-2-4(11-8-3)5(7)6(9)10/h2,5H,7H2,1H3,(H,9,10). The number of hydrogen-bond acceptors (Lipinski definition) is 4. The molecule has 0 saturated heterocycles. The van der Waals surface area contributed by atoms with E-state index >= 15 is 0 Å². The molecule has 60 valence electrons. The van der Waals surface area contributed by atoms with Crippen molar-refractivity contribution in [1.29, 1.82) is 0 Å². The maximum atomic E-state index is 10.4. The Hall–Kier alpha value is -0.940. The highest BCUT2D eigenvalue weighted by Gasteiger charge is 2.16. The highest BCUT2D eigenvalue weighted by molar-refractivity contribution is 7.06. The molecule has 0 radical (unpaired) electrons. The fourth-order valence-electron chi connectivity index (χ4n) is 0.652. The molecule has 0 saturated carbocycles. The summed E-state index contributed by atoms with van der Waals surface area (Å²) in [6.07, 6.45) is 0. The molecule has 0 spiro atoms. The second-order valence-electron chi connectivity index (χ2n) is 2.19. The van der Waals surface area contributed by atoms with E-state index in [0.717, 1.165) is 17.2 Å². The van der Waals surface area contributed by atoms with Crippen LogP contribution in [0.5, 0.6) is 0 Å². The molecular weight excluding hydrogens is 164 g/mol. The molecule has 0 amide bonds. The van der Waals surface area contributed by atoms with Gasteiger partial charge in [0.25, 0.3) is 0 Å². The lowest BCUT2D eigenvalue weighted by atomic mass is 10.2. The molecule has 11 heavy (non-hydrogen) atoms. The zero-order valence-corrected chi connectivity index (χ0v) is 6.76. The lowest BCUT2D eigenvalue weighted by molar-refractivity contribution is -0.138. The zero-order chi connectivity index (χ0) is 8.43. The van der Waals surface area contributed by atoms with Gasteiger partial charge in [0.15, 0.2) is 0 Å². The summed E-state index contributed by atoms with van der Waals surface area (Å²) in [5.41, 5.74) is 6.13. The van der Waals surface area contributed by atoms with Crippen LogP contribution in [0.2, 0.25) is 0 Å². The van der Waals surface area contributed by atoms with Crippen LogP contribution in [0.15, 0.2) is 6.07 Å². The van der Waals surface area contributed by atoms with Crippen molar-refractivity contribution in [2.45, 2.75) is 13.0 Å². The van der Waals surface area contributed by atoms with Crippen LogP contribution in [-0.2, 0) is 4.79 Å². The van der Waals surface area contributed by atoms with Gasteiger partial charge in [-0.05, 0) is 24.5 Å². The van der Waals surface area contributed by atoms with Crippen molar-refractivity contribution >= 4 is 17.5 Å². The number of nitrogens with zero attached hydrogens (tertiary/aromatic N) is 1. The van der Waals surface area contributed by atoms with E-state index in [1.54, 1.807) is 13.0 Å². The van der Waals surface area contributed by atoms with E-state index in [2.05, 4.69) is 4.37 Å². The van der Waals surface area contributed by atoms with Crippen LogP contribution in [0, 0.1) is 6.92 Å². The Bertz CT molecular complexity index is 271. The first kappa shape index (κ1) is 8.16. The third-order valence-corrected chi connectivity index (χ3v) is 2.18. The van der Waals surface area contributed by atoms with Crippen LogP contribution in [0.3, 0.4) is 0 Å². The summed E-state index contributed by atoms with van der Waals surface area (Å²) < 4.78 is 3.92. The van der Waals surface area contributed by atoms with E-state index in [4.69, 9.17) is 10.8 Å². The Labute approximate surface area is 67.8 Å². The van der Waals surface area contributed by atoms with E-state index in [1.165, 1.54) is 0 Å². The van der Waals surface area contributed by atoms with Gasteiger partial charge in [0.1, 0.15) is 6.04 Å². The zero-order valence-electron chi connectivity index (χ0n) is 5.94. The monoisotopic (exact) mass is 172 g/mol. The van der Waals surface area contributed by atoms with Gasteiger partial charge >= 0.3 is 5.97 Å². The molecule has 1 heterocycles. The Balaban J connectivity index is 2.84. The minimum Gasteiger partial charge on any atom is -0.480 e. The fourth-order valence-corrected chi connectivity index (χ4v) is 1.39. The SMILES string of the molecule is Cc1cc(C(N)C(=O)O)sn1. The van der Waals surface area contributed by atoms with Crippen molar-refractivity contribution in [1.82, 2.24) is 4.37 Å². The maximum Gasteiger partial charge on any atom is 0.326 e. The number of carbonyl (C=O) groups is 1. The summed E-state index contributed by atoms with van der Waals surface area (Å²) >= 11 is 1.13. The van der Waals surface area contributed by atoms with Crippen LogP contribution in [0.1, 0.15) is 16.6 Å². The summed E-state index contributed by atoms with van der Waals surface area (Å²) in [6, 6.07) is 0.755. The van der Waals surface area contributed by atoms with Gasteiger partial charge in [-0.25, -0.2) is 0 Å². The quantitative estimate of drug-likeness (QED) is 0.682. The van der Waals surface area contributed by atoms with Gasteiger partial charge < -0.3 is 10.8 Å². The molecule has 1 aromatic rings. The van der Waals surface area contributed by atoms with E-state index in [1.807, 2.05) is 0 Å². The van der Waals surface area contributed by atoms with E-state index in [-0.39, 0.29) is 0 Å². The van der Waals surface area contributed by atoms with Crippen molar-refractivity contribution < 1.29 is 9.90 Å². The Morgan fingerprint density at radius 2 is 2.55 bits per heavy atom. The van der Waals surface area contributed by atoms with E-state index in [0.29, 0.717) is 4.88 Å². The third-order valence-electron chi connectivity index (χ3n) is 1.22. The van der Waals surface area contributed by atoms with Gasteiger partial charge in [0, 0.05) is 0 Å². The van der Waals surface area contributed by atoms with E-state index < -0.39 is 12.0 Å². The van der Waals surface area contributed by atoms with Crippen LogP contribution < -0.4 is 5.73 Å². The number of nitrogens with two attached hydrogens (primary N) is 1. The van der Waals surface area contributed by atoms with Crippen LogP contribution in [0.25, 0.3) is 0 Å². The molecule has 1 rings (SSSR count). The number of aryl methyl sites for hydroxylation is 1. The van der Waals surface area contributed by atoms with Gasteiger partial charge in [-0.2, -0.15) is 4.37 Å². The van der Waals surface area contributed by atoms with Crippen molar-refractivity contribution in [3.8, 4) is 0 Å². The van der Waals surface area contributed by atoms with Crippen LogP contribution in [0.4, 0.5) is 0 Å². The van der Waals surface area contributed by atoms with Crippen molar-refractivity contribution in [2.24, 2.45) is 5.73 Å². The second kappa shape index (κ2) is 2.98. The highest BCUT2D eigenvalue weighted by Crippen LogP contribution is 2.16.